The monoisotopic (exact) mass is 327 g/mol. The molecule has 7 heteroatoms. The third-order valence-electron chi connectivity index (χ3n) is 1.75. The third-order valence-corrected chi connectivity index (χ3v) is 1.75. The Morgan fingerprint density at radius 3 is 1.42 bits per heavy atom. The molecule has 0 aromatic carbocycles. The van der Waals surface area contributed by atoms with Gasteiger partial charge in [0.2, 0.25) is 0 Å². The summed E-state index contributed by atoms with van der Waals surface area (Å²) in [4.78, 5) is 28.4. The van der Waals surface area contributed by atoms with Crippen molar-refractivity contribution in [1.82, 2.24) is 0 Å². The Balaban J connectivity index is -0.000000105. The van der Waals surface area contributed by atoms with Crippen molar-refractivity contribution in [1.29, 1.82) is 0 Å². The smallest absolute Gasteiger partial charge is 0.306 e. The molecule has 0 rings (SSSR count). The summed E-state index contributed by atoms with van der Waals surface area (Å²) in [5.41, 5.74) is 0. The Hall–Kier alpha value is -1.07. The maximum absolute atomic E-state index is 10.4. The first-order valence-electron chi connectivity index (χ1n) is 5.80. The largest absolute Gasteiger partial charge is 0.481 e. The van der Waals surface area contributed by atoms with Crippen molar-refractivity contribution in [2.75, 3.05) is 0 Å². The summed E-state index contributed by atoms with van der Waals surface area (Å²) >= 11 is 0. The summed E-state index contributed by atoms with van der Waals surface area (Å²) in [6.45, 7) is 6.17. The van der Waals surface area contributed by atoms with E-state index in [4.69, 9.17) is 24.9 Å². The van der Waals surface area contributed by atoms with Crippen LogP contribution in [0.5, 0.6) is 0 Å². The van der Waals surface area contributed by atoms with Gasteiger partial charge in [-0.25, -0.2) is 0 Å². The van der Waals surface area contributed by atoms with Crippen molar-refractivity contribution >= 4 is 17.9 Å². The maximum Gasteiger partial charge on any atom is 0.306 e. The fraction of sp³-hybridized carbons (Fsp3) is 0.750. The molecule has 0 bridgehead atoms. The predicted octanol–water partition coefficient (Wildman–Crippen LogP) is 2.47. The van der Waals surface area contributed by atoms with E-state index in [0.29, 0.717) is 0 Å². The van der Waals surface area contributed by atoms with Gasteiger partial charge in [-0.3, -0.25) is 14.4 Å². The molecule has 0 aliphatic heterocycles. The van der Waals surface area contributed by atoms with Crippen LogP contribution in [0.1, 0.15) is 53.4 Å². The molecule has 0 aliphatic carbocycles. The second-order valence-corrected chi connectivity index (χ2v) is 3.62. The number of aliphatic carboxylic acids is 3. The predicted molar refractivity (Wildman–Crippen MR) is 67.6 cm³/mol. The van der Waals surface area contributed by atoms with Crippen molar-refractivity contribution in [2.45, 2.75) is 53.4 Å². The zero-order valence-electron chi connectivity index (χ0n) is 11.8. The van der Waals surface area contributed by atoms with Gasteiger partial charge in [0, 0.05) is 30.9 Å². The Labute approximate surface area is 124 Å². The summed E-state index contributed by atoms with van der Waals surface area (Å²) in [5.74, 6) is -2.42. The van der Waals surface area contributed by atoms with E-state index in [-0.39, 0.29) is 23.0 Å². The Bertz CT molecular complexity index is 222. The van der Waals surface area contributed by atoms with Crippen molar-refractivity contribution < 1.29 is 46.8 Å². The topological polar surface area (TPSA) is 112 Å². The van der Waals surface area contributed by atoms with Crippen LogP contribution in [0, 0.1) is 5.92 Å². The van der Waals surface area contributed by atoms with Gasteiger partial charge in [0.05, 0.1) is 5.92 Å². The van der Waals surface area contributed by atoms with Crippen LogP contribution in [0.25, 0.3) is 0 Å². The van der Waals surface area contributed by atoms with Crippen LogP contribution in [0.3, 0.4) is 0 Å². The van der Waals surface area contributed by atoms with E-state index in [0.717, 1.165) is 39.5 Å². The number of unbranched alkanes of at least 4 members (excludes halogenated alkanes) is 1. The first kappa shape index (κ1) is 26.5. The first-order valence-corrected chi connectivity index (χ1v) is 5.80. The number of rotatable bonds is 5. The Kier molecular flexibility index (Phi) is 26.9. The third kappa shape index (κ3) is 47.3. The van der Waals surface area contributed by atoms with E-state index in [1.807, 2.05) is 6.92 Å². The molecule has 0 saturated heterocycles. The molecule has 0 aromatic heterocycles. The van der Waals surface area contributed by atoms with Gasteiger partial charge >= 0.3 is 5.97 Å². The van der Waals surface area contributed by atoms with Crippen molar-refractivity contribution in [3.63, 3.8) is 0 Å². The maximum atomic E-state index is 10.4. The summed E-state index contributed by atoms with van der Waals surface area (Å²) in [5, 5.41) is 23.4. The molecule has 19 heavy (non-hydrogen) atoms. The number of hydrogen-bond donors (Lipinski definition) is 3. The minimum Gasteiger partial charge on any atom is -0.481 e. The van der Waals surface area contributed by atoms with Crippen LogP contribution in [0.15, 0.2) is 0 Å². The molecule has 0 saturated carbocycles. The van der Waals surface area contributed by atoms with E-state index >= 15 is 0 Å². The molecule has 1 radical (unpaired) electrons. The summed E-state index contributed by atoms with van der Waals surface area (Å²) in [7, 11) is 0. The molecule has 0 aromatic rings. The van der Waals surface area contributed by atoms with Gasteiger partial charge in [-0.1, -0.05) is 26.7 Å². The van der Waals surface area contributed by atoms with Crippen molar-refractivity contribution in [2.24, 2.45) is 5.92 Å². The van der Waals surface area contributed by atoms with Crippen LogP contribution >= 0.6 is 0 Å². The summed E-state index contributed by atoms with van der Waals surface area (Å²) in [6, 6.07) is 0. The van der Waals surface area contributed by atoms with Crippen molar-refractivity contribution in [3.8, 4) is 0 Å². The molecule has 0 spiro atoms. The molecule has 0 aliphatic rings. The second kappa shape index (κ2) is 19.3. The van der Waals surface area contributed by atoms with E-state index in [9.17, 15) is 4.79 Å². The summed E-state index contributed by atoms with van der Waals surface area (Å²) < 4.78 is 0. The van der Waals surface area contributed by atoms with Gasteiger partial charge in [0.1, 0.15) is 0 Å². The number of carboxylic acids is 3. The average molecular weight is 328 g/mol. The molecule has 0 fully saturated rings. The molecule has 3 N–H and O–H groups in total. The zero-order chi connectivity index (χ0) is 15.1. The van der Waals surface area contributed by atoms with Crippen LogP contribution < -0.4 is 0 Å². The Morgan fingerprint density at radius 2 is 1.26 bits per heavy atom. The molecular formula is C12H24CuO6. The molecule has 1 unspecified atom stereocenters. The van der Waals surface area contributed by atoms with Crippen molar-refractivity contribution in [3.05, 3.63) is 0 Å². The van der Waals surface area contributed by atoms with Gasteiger partial charge in [-0.2, -0.15) is 0 Å². The fourth-order valence-electron chi connectivity index (χ4n) is 0.953. The standard InChI is InChI=1S/C8H16O2.2C2H4O2.Cu/c1-3-5-6-7(4-2)8(9)10;2*1-2(3)4;/h7H,3-6H2,1-2H3,(H,9,10);2*1H3,(H,3,4);. The summed E-state index contributed by atoms with van der Waals surface area (Å²) in [6.07, 6.45) is 3.71. The van der Waals surface area contributed by atoms with Crippen LogP contribution in [0.2, 0.25) is 0 Å². The fourth-order valence-corrected chi connectivity index (χ4v) is 0.953. The first-order chi connectivity index (χ1) is 8.18. The minimum atomic E-state index is -0.833. The Morgan fingerprint density at radius 1 is 0.947 bits per heavy atom. The number of hydrogen-bond acceptors (Lipinski definition) is 3. The molecule has 0 heterocycles. The second-order valence-electron chi connectivity index (χ2n) is 3.62. The average Bonchev–Trinajstić information content (AvgIpc) is 2.16. The molecule has 1 atom stereocenters. The molecular weight excluding hydrogens is 304 g/mol. The van der Waals surface area contributed by atoms with Crippen LogP contribution in [0.4, 0.5) is 0 Å². The van der Waals surface area contributed by atoms with E-state index in [1.54, 1.807) is 0 Å². The van der Waals surface area contributed by atoms with E-state index in [1.165, 1.54) is 0 Å². The number of carboxylic acid groups (broad SMARTS) is 3. The molecule has 0 amide bonds. The van der Waals surface area contributed by atoms with Crippen LogP contribution in [-0.2, 0) is 31.5 Å². The van der Waals surface area contributed by atoms with Gasteiger partial charge in [0.15, 0.2) is 0 Å². The van der Waals surface area contributed by atoms with Gasteiger partial charge in [-0.05, 0) is 12.8 Å². The minimum absolute atomic E-state index is 0. The van der Waals surface area contributed by atoms with E-state index in [2.05, 4.69) is 6.92 Å². The quantitative estimate of drug-likeness (QED) is 0.669. The van der Waals surface area contributed by atoms with Gasteiger partial charge in [0.25, 0.3) is 11.9 Å². The van der Waals surface area contributed by atoms with Gasteiger partial charge in [-0.15, -0.1) is 0 Å². The molecule has 119 valence electrons. The zero-order valence-corrected chi connectivity index (χ0v) is 12.7. The van der Waals surface area contributed by atoms with Gasteiger partial charge < -0.3 is 15.3 Å². The van der Waals surface area contributed by atoms with E-state index < -0.39 is 17.9 Å². The molecule has 6 nitrogen and oxygen atoms in total. The number of carbonyl (C=O) groups is 3. The van der Waals surface area contributed by atoms with Crippen LogP contribution in [-0.4, -0.2) is 33.2 Å². The normalized spacial score (nSPS) is 9.47. The SMILES string of the molecule is CC(=O)O.CC(=O)O.CCCCC(CC)C(=O)O.[Cu].